The maximum Gasteiger partial charge on any atom is 0.154 e. The molecule has 104 valence electrons. The average Bonchev–Trinajstić information content (AvgIpc) is 2.73. The number of nitriles is 1. The number of para-hydroxylation sites is 1. The standard InChI is InChI=1S/C15H19N5/c1-4-7-12-14(17)15(20(3)18-12)19(2)13-9-6-5-8-11(13)10-16/h5-6,8-9H,4,7,17H2,1-3H3. The quantitative estimate of drug-likeness (QED) is 0.926. The van der Waals surface area contributed by atoms with Crippen molar-refractivity contribution < 1.29 is 0 Å². The SMILES string of the molecule is CCCc1nn(C)c(N(C)c2ccccc2C#N)c1N. The average molecular weight is 269 g/mol. The highest BCUT2D eigenvalue weighted by Crippen LogP contribution is 2.32. The van der Waals surface area contributed by atoms with Gasteiger partial charge in [0.15, 0.2) is 5.82 Å². The minimum Gasteiger partial charge on any atom is -0.394 e. The Bertz CT molecular complexity index is 651. The van der Waals surface area contributed by atoms with Gasteiger partial charge >= 0.3 is 0 Å². The zero-order valence-corrected chi connectivity index (χ0v) is 12.1. The molecule has 5 nitrogen and oxygen atoms in total. The molecular formula is C15H19N5. The molecule has 0 saturated carbocycles. The summed E-state index contributed by atoms with van der Waals surface area (Å²) in [6.07, 6.45) is 1.85. The Morgan fingerprint density at radius 2 is 2.10 bits per heavy atom. The van der Waals surface area contributed by atoms with Crippen LogP contribution in [-0.2, 0) is 13.5 Å². The summed E-state index contributed by atoms with van der Waals surface area (Å²) in [5.74, 6) is 0.816. The predicted octanol–water partition coefficient (Wildman–Crippen LogP) is 2.59. The third-order valence-corrected chi connectivity index (χ3v) is 3.32. The van der Waals surface area contributed by atoms with E-state index in [-0.39, 0.29) is 0 Å². The second-order valence-corrected chi connectivity index (χ2v) is 4.75. The van der Waals surface area contributed by atoms with Crippen molar-refractivity contribution in [2.75, 3.05) is 17.7 Å². The van der Waals surface area contributed by atoms with Gasteiger partial charge in [0.2, 0.25) is 0 Å². The molecule has 5 heteroatoms. The Morgan fingerprint density at radius 3 is 2.75 bits per heavy atom. The number of benzene rings is 1. The lowest BCUT2D eigenvalue weighted by atomic mass is 10.1. The van der Waals surface area contributed by atoms with Crippen LogP contribution in [0.1, 0.15) is 24.6 Å². The molecule has 0 saturated heterocycles. The van der Waals surface area contributed by atoms with Crippen LogP contribution in [0.25, 0.3) is 0 Å². The number of aryl methyl sites for hydroxylation is 2. The van der Waals surface area contributed by atoms with Crippen molar-refractivity contribution in [2.24, 2.45) is 7.05 Å². The Morgan fingerprint density at radius 1 is 1.40 bits per heavy atom. The van der Waals surface area contributed by atoms with E-state index in [1.807, 2.05) is 37.2 Å². The van der Waals surface area contributed by atoms with E-state index in [0.717, 1.165) is 30.0 Å². The first-order chi connectivity index (χ1) is 9.60. The molecule has 0 atom stereocenters. The van der Waals surface area contributed by atoms with Gasteiger partial charge in [-0.25, -0.2) is 0 Å². The van der Waals surface area contributed by atoms with Gasteiger partial charge in [0, 0.05) is 14.1 Å². The highest BCUT2D eigenvalue weighted by molar-refractivity contribution is 5.75. The highest BCUT2D eigenvalue weighted by atomic mass is 15.4. The van der Waals surface area contributed by atoms with E-state index in [2.05, 4.69) is 18.1 Å². The topological polar surface area (TPSA) is 70.9 Å². The fraction of sp³-hybridized carbons (Fsp3) is 0.333. The fourth-order valence-corrected chi connectivity index (χ4v) is 2.38. The van der Waals surface area contributed by atoms with Crippen LogP contribution in [-0.4, -0.2) is 16.8 Å². The number of hydrogen-bond acceptors (Lipinski definition) is 4. The van der Waals surface area contributed by atoms with Crippen LogP contribution in [0, 0.1) is 11.3 Å². The summed E-state index contributed by atoms with van der Waals surface area (Å²) in [4.78, 5) is 1.92. The minimum atomic E-state index is 0.618. The van der Waals surface area contributed by atoms with E-state index >= 15 is 0 Å². The summed E-state index contributed by atoms with van der Waals surface area (Å²) in [5.41, 5.74) is 9.25. The van der Waals surface area contributed by atoms with Gasteiger partial charge in [-0.2, -0.15) is 10.4 Å². The summed E-state index contributed by atoms with van der Waals surface area (Å²) in [5, 5.41) is 13.7. The molecule has 0 spiro atoms. The van der Waals surface area contributed by atoms with E-state index in [1.54, 1.807) is 10.7 Å². The third-order valence-electron chi connectivity index (χ3n) is 3.32. The molecule has 20 heavy (non-hydrogen) atoms. The molecule has 0 amide bonds. The second kappa shape index (κ2) is 5.66. The molecule has 2 aromatic rings. The molecule has 0 unspecified atom stereocenters. The van der Waals surface area contributed by atoms with Crippen molar-refractivity contribution in [3.63, 3.8) is 0 Å². The van der Waals surface area contributed by atoms with E-state index in [4.69, 9.17) is 5.73 Å². The van der Waals surface area contributed by atoms with E-state index < -0.39 is 0 Å². The smallest absolute Gasteiger partial charge is 0.154 e. The maximum atomic E-state index is 9.21. The van der Waals surface area contributed by atoms with Crippen LogP contribution < -0.4 is 10.6 Å². The first-order valence-corrected chi connectivity index (χ1v) is 6.64. The van der Waals surface area contributed by atoms with Crippen molar-refractivity contribution in [3.8, 4) is 6.07 Å². The van der Waals surface area contributed by atoms with Gasteiger partial charge in [0.25, 0.3) is 0 Å². The van der Waals surface area contributed by atoms with Crippen LogP contribution in [0.4, 0.5) is 17.2 Å². The van der Waals surface area contributed by atoms with Gasteiger partial charge in [0.05, 0.1) is 22.6 Å². The molecule has 0 bridgehead atoms. The van der Waals surface area contributed by atoms with E-state index in [0.29, 0.717) is 11.3 Å². The summed E-state index contributed by atoms with van der Waals surface area (Å²) in [6, 6.07) is 9.67. The number of anilines is 3. The number of nitrogens with two attached hydrogens (primary N) is 1. The zero-order chi connectivity index (χ0) is 14.7. The van der Waals surface area contributed by atoms with Crippen LogP contribution in [0.15, 0.2) is 24.3 Å². The monoisotopic (exact) mass is 269 g/mol. The summed E-state index contributed by atoms with van der Waals surface area (Å²) in [6.45, 7) is 2.10. The third kappa shape index (κ3) is 2.32. The van der Waals surface area contributed by atoms with Crippen LogP contribution in [0.3, 0.4) is 0 Å². The number of nitrogens with zero attached hydrogens (tertiary/aromatic N) is 4. The first kappa shape index (κ1) is 13.9. The Hall–Kier alpha value is -2.48. The lowest BCUT2D eigenvalue weighted by molar-refractivity contribution is 0.729. The molecule has 0 radical (unpaired) electrons. The van der Waals surface area contributed by atoms with Gasteiger partial charge in [-0.15, -0.1) is 0 Å². The van der Waals surface area contributed by atoms with Crippen molar-refractivity contribution in [2.45, 2.75) is 19.8 Å². The lowest BCUT2D eigenvalue weighted by Gasteiger charge is -2.21. The van der Waals surface area contributed by atoms with E-state index in [9.17, 15) is 5.26 Å². The Balaban J connectivity index is 2.49. The molecule has 2 N–H and O–H groups in total. The largest absolute Gasteiger partial charge is 0.394 e. The molecule has 0 fully saturated rings. The van der Waals surface area contributed by atoms with Gasteiger partial charge < -0.3 is 10.6 Å². The van der Waals surface area contributed by atoms with Crippen molar-refractivity contribution in [1.82, 2.24) is 9.78 Å². The maximum absolute atomic E-state index is 9.21. The molecule has 0 aliphatic rings. The molecule has 0 aliphatic heterocycles. The lowest BCUT2D eigenvalue weighted by Crippen LogP contribution is -2.16. The molecule has 1 heterocycles. The fourth-order valence-electron chi connectivity index (χ4n) is 2.38. The predicted molar refractivity (Wildman–Crippen MR) is 80.8 cm³/mol. The Labute approximate surface area is 119 Å². The molecule has 0 aliphatic carbocycles. The molecule has 1 aromatic heterocycles. The van der Waals surface area contributed by atoms with Gasteiger partial charge in [0.1, 0.15) is 6.07 Å². The van der Waals surface area contributed by atoms with Gasteiger partial charge in [-0.1, -0.05) is 25.5 Å². The first-order valence-electron chi connectivity index (χ1n) is 6.64. The molecule has 2 rings (SSSR count). The van der Waals surface area contributed by atoms with Crippen molar-refractivity contribution >= 4 is 17.2 Å². The highest BCUT2D eigenvalue weighted by Gasteiger charge is 2.19. The number of hydrogen-bond donors (Lipinski definition) is 1. The molecular weight excluding hydrogens is 250 g/mol. The van der Waals surface area contributed by atoms with Gasteiger partial charge in [-0.3, -0.25) is 4.68 Å². The van der Waals surface area contributed by atoms with Crippen molar-refractivity contribution in [1.29, 1.82) is 5.26 Å². The number of nitrogen functional groups attached to an aromatic ring is 1. The summed E-state index contributed by atoms with van der Waals surface area (Å²) >= 11 is 0. The van der Waals surface area contributed by atoms with Gasteiger partial charge in [-0.05, 0) is 18.6 Å². The van der Waals surface area contributed by atoms with E-state index in [1.165, 1.54) is 0 Å². The zero-order valence-electron chi connectivity index (χ0n) is 12.1. The Kier molecular flexibility index (Phi) is 3.94. The van der Waals surface area contributed by atoms with Crippen molar-refractivity contribution in [3.05, 3.63) is 35.5 Å². The van der Waals surface area contributed by atoms with Crippen LogP contribution in [0.5, 0.6) is 0 Å². The normalized spacial score (nSPS) is 10.3. The summed E-state index contributed by atoms with van der Waals surface area (Å²) < 4.78 is 1.77. The summed E-state index contributed by atoms with van der Waals surface area (Å²) in [7, 11) is 3.77. The second-order valence-electron chi connectivity index (χ2n) is 4.75. The number of rotatable bonds is 4. The molecule has 1 aromatic carbocycles. The van der Waals surface area contributed by atoms with Crippen LogP contribution >= 0.6 is 0 Å². The number of aromatic nitrogens is 2. The minimum absolute atomic E-state index is 0.618. The van der Waals surface area contributed by atoms with Crippen LogP contribution in [0.2, 0.25) is 0 Å².